The van der Waals surface area contributed by atoms with Gasteiger partial charge >= 0.3 is 0 Å². The maximum absolute atomic E-state index is 6.43. The minimum absolute atomic E-state index is 0.324. The first-order valence-electron chi connectivity index (χ1n) is 6.30. The Balaban J connectivity index is 2.59. The maximum atomic E-state index is 6.43. The van der Waals surface area contributed by atoms with Gasteiger partial charge in [-0.3, -0.25) is 0 Å². The summed E-state index contributed by atoms with van der Waals surface area (Å²) in [6, 6.07) is 9.54. The average molecular weight is 355 g/mol. The number of aryl methyl sites for hydroxylation is 2. The van der Waals surface area contributed by atoms with E-state index in [-0.39, 0.29) is 6.04 Å². The Morgan fingerprint density at radius 3 is 2.60 bits per heavy atom. The van der Waals surface area contributed by atoms with Crippen LogP contribution in [-0.4, -0.2) is 7.11 Å². The summed E-state index contributed by atoms with van der Waals surface area (Å²) >= 11 is 9.78. The first kappa shape index (κ1) is 15.4. The molecule has 0 aliphatic carbocycles. The van der Waals surface area contributed by atoms with Crippen molar-refractivity contribution in [2.45, 2.75) is 19.9 Å². The maximum Gasteiger partial charge on any atom is 0.124 e. The van der Waals surface area contributed by atoms with Crippen molar-refractivity contribution >= 4 is 27.5 Å². The van der Waals surface area contributed by atoms with Crippen LogP contribution < -0.4 is 10.5 Å². The lowest BCUT2D eigenvalue weighted by Gasteiger charge is -2.20. The van der Waals surface area contributed by atoms with Crippen molar-refractivity contribution in [2.24, 2.45) is 5.73 Å². The van der Waals surface area contributed by atoms with Crippen LogP contribution in [0.1, 0.15) is 28.3 Å². The third-order valence-electron chi connectivity index (χ3n) is 3.34. The summed E-state index contributed by atoms with van der Waals surface area (Å²) in [6.45, 7) is 4.08. The Bertz CT molecular complexity index is 643. The van der Waals surface area contributed by atoms with Crippen molar-refractivity contribution < 1.29 is 4.74 Å². The van der Waals surface area contributed by atoms with E-state index in [1.165, 1.54) is 0 Å². The van der Waals surface area contributed by atoms with Gasteiger partial charge in [-0.2, -0.15) is 0 Å². The lowest BCUT2D eigenvalue weighted by atomic mass is 9.93. The van der Waals surface area contributed by atoms with E-state index in [2.05, 4.69) is 22.0 Å². The first-order valence-corrected chi connectivity index (χ1v) is 7.47. The smallest absolute Gasteiger partial charge is 0.124 e. The van der Waals surface area contributed by atoms with E-state index in [4.69, 9.17) is 22.1 Å². The second-order valence-electron chi connectivity index (χ2n) is 4.82. The number of methoxy groups -OCH3 is 1. The van der Waals surface area contributed by atoms with E-state index >= 15 is 0 Å². The summed E-state index contributed by atoms with van der Waals surface area (Å²) in [7, 11) is 1.66. The molecule has 2 aromatic carbocycles. The molecular weight excluding hydrogens is 338 g/mol. The van der Waals surface area contributed by atoms with Crippen LogP contribution >= 0.6 is 27.5 Å². The van der Waals surface area contributed by atoms with Gasteiger partial charge in [-0.15, -0.1) is 0 Å². The molecule has 0 saturated heterocycles. The largest absolute Gasteiger partial charge is 0.496 e. The highest BCUT2D eigenvalue weighted by Gasteiger charge is 2.20. The van der Waals surface area contributed by atoms with E-state index in [0.29, 0.717) is 5.02 Å². The molecule has 2 nitrogen and oxygen atoms in total. The van der Waals surface area contributed by atoms with Crippen molar-refractivity contribution in [3.8, 4) is 5.75 Å². The minimum atomic E-state index is -0.324. The third-order valence-corrected chi connectivity index (χ3v) is 4.65. The van der Waals surface area contributed by atoms with E-state index in [1.807, 2.05) is 38.1 Å². The van der Waals surface area contributed by atoms with E-state index in [9.17, 15) is 0 Å². The first-order chi connectivity index (χ1) is 9.45. The number of hydrogen-bond acceptors (Lipinski definition) is 2. The van der Waals surface area contributed by atoms with Gasteiger partial charge in [0.15, 0.2) is 0 Å². The van der Waals surface area contributed by atoms with Gasteiger partial charge in [0.1, 0.15) is 5.75 Å². The monoisotopic (exact) mass is 353 g/mol. The molecule has 0 heterocycles. The summed E-state index contributed by atoms with van der Waals surface area (Å²) in [4.78, 5) is 0. The van der Waals surface area contributed by atoms with Gasteiger partial charge in [-0.1, -0.05) is 29.8 Å². The van der Waals surface area contributed by atoms with Crippen LogP contribution in [0, 0.1) is 13.8 Å². The Labute approximate surface area is 133 Å². The average Bonchev–Trinajstić information content (AvgIpc) is 2.40. The highest BCUT2D eigenvalue weighted by Crippen LogP contribution is 2.37. The predicted molar refractivity (Wildman–Crippen MR) is 87.7 cm³/mol. The summed E-state index contributed by atoms with van der Waals surface area (Å²) in [5.41, 5.74) is 10.5. The molecule has 1 unspecified atom stereocenters. The van der Waals surface area contributed by atoms with Crippen molar-refractivity contribution in [1.29, 1.82) is 0 Å². The van der Waals surface area contributed by atoms with Crippen molar-refractivity contribution in [3.63, 3.8) is 0 Å². The van der Waals surface area contributed by atoms with Crippen LogP contribution in [0.4, 0.5) is 0 Å². The van der Waals surface area contributed by atoms with Crippen LogP contribution in [0.5, 0.6) is 5.75 Å². The molecule has 2 N–H and O–H groups in total. The molecule has 4 heteroatoms. The molecule has 106 valence electrons. The molecule has 2 rings (SSSR count). The predicted octanol–water partition coefficient (Wildman–Crippen LogP) is 4.78. The Morgan fingerprint density at radius 1 is 1.25 bits per heavy atom. The van der Waals surface area contributed by atoms with Crippen LogP contribution in [0.3, 0.4) is 0 Å². The molecule has 0 fully saturated rings. The number of benzene rings is 2. The fourth-order valence-corrected chi connectivity index (χ4v) is 3.05. The summed E-state index contributed by atoms with van der Waals surface area (Å²) in [5.74, 6) is 0.797. The molecule has 0 spiro atoms. The fraction of sp³-hybridized carbons (Fsp3) is 0.250. The van der Waals surface area contributed by atoms with Gasteiger partial charge in [0.05, 0.1) is 18.2 Å². The SMILES string of the molecule is COc1cc(C)cc(C)c1C(N)c1cccc(Br)c1Cl. The molecule has 0 aromatic heterocycles. The van der Waals surface area contributed by atoms with Crippen molar-refractivity contribution in [3.05, 3.63) is 62.1 Å². The van der Waals surface area contributed by atoms with Gasteiger partial charge < -0.3 is 10.5 Å². The molecule has 20 heavy (non-hydrogen) atoms. The number of halogens is 2. The topological polar surface area (TPSA) is 35.2 Å². The second-order valence-corrected chi connectivity index (χ2v) is 6.05. The Morgan fingerprint density at radius 2 is 1.95 bits per heavy atom. The lowest BCUT2D eigenvalue weighted by molar-refractivity contribution is 0.407. The molecule has 0 amide bonds. The summed E-state index contributed by atoms with van der Waals surface area (Å²) in [5, 5.41) is 0.641. The molecule has 2 aromatic rings. The molecule has 0 aliphatic heterocycles. The Hall–Kier alpha value is -1.03. The zero-order valence-corrected chi connectivity index (χ0v) is 14.0. The molecular formula is C16H17BrClNO. The van der Waals surface area contributed by atoms with Crippen LogP contribution in [0.2, 0.25) is 5.02 Å². The van der Waals surface area contributed by atoms with Gasteiger partial charge in [0, 0.05) is 10.0 Å². The van der Waals surface area contributed by atoms with E-state index in [1.54, 1.807) is 7.11 Å². The van der Waals surface area contributed by atoms with Crippen molar-refractivity contribution in [2.75, 3.05) is 7.11 Å². The third kappa shape index (κ3) is 2.85. The van der Waals surface area contributed by atoms with Gasteiger partial charge in [-0.05, 0) is 58.6 Å². The lowest BCUT2D eigenvalue weighted by Crippen LogP contribution is -2.15. The molecule has 0 saturated carbocycles. The van der Waals surface area contributed by atoms with Gasteiger partial charge in [0.2, 0.25) is 0 Å². The highest BCUT2D eigenvalue weighted by atomic mass is 79.9. The number of nitrogens with two attached hydrogens (primary N) is 1. The standard InChI is InChI=1S/C16H17BrClNO/c1-9-7-10(2)14(13(8-9)20-3)16(19)11-5-4-6-12(17)15(11)18/h4-8,16H,19H2,1-3H3. The minimum Gasteiger partial charge on any atom is -0.496 e. The molecule has 0 aliphatic rings. The molecule has 0 bridgehead atoms. The normalized spacial score (nSPS) is 12.3. The molecule has 0 radical (unpaired) electrons. The van der Waals surface area contributed by atoms with E-state index in [0.717, 1.165) is 32.5 Å². The van der Waals surface area contributed by atoms with Crippen LogP contribution in [-0.2, 0) is 0 Å². The highest BCUT2D eigenvalue weighted by molar-refractivity contribution is 9.10. The van der Waals surface area contributed by atoms with E-state index < -0.39 is 0 Å². The number of hydrogen-bond donors (Lipinski definition) is 1. The van der Waals surface area contributed by atoms with Crippen LogP contribution in [0.15, 0.2) is 34.8 Å². The van der Waals surface area contributed by atoms with Gasteiger partial charge in [-0.25, -0.2) is 0 Å². The summed E-state index contributed by atoms with van der Waals surface area (Å²) in [6.07, 6.45) is 0. The zero-order chi connectivity index (χ0) is 14.9. The fourth-order valence-electron chi connectivity index (χ4n) is 2.42. The van der Waals surface area contributed by atoms with Gasteiger partial charge in [0.25, 0.3) is 0 Å². The quantitative estimate of drug-likeness (QED) is 0.861. The summed E-state index contributed by atoms with van der Waals surface area (Å²) < 4.78 is 6.33. The number of rotatable bonds is 3. The molecule has 1 atom stereocenters. The number of ether oxygens (including phenoxy) is 1. The zero-order valence-electron chi connectivity index (χ0n) is 11.7. The van der Waals surface area contributed by atoms with Crippen molar-refractivity contribution in [1.82, 2.24) is 0 Å². The Kier molecular flexibility index (Phi) is 4.74. The second kappa shape index (κ2) is 6.17. The van der Waals surface area contributed by atoms with Crippen LogP contribution in [0.25, 0.3) is 0 Å².